The number of halogens is 2. The first-order chi connectivity index (χ1) is 10.7. The van der Waals surface area contributed by atoms with E-state index in [-0.39, 0.29) is 18.5 Å². The van der Waals surface area contributed by atoms with Gasteiger partial charge in [-0.1, -0.05) is 41.9 Å². The molecule has 1 fully saturated rings. The van der Waals surface area contributed by atoms with Crippen molar-refractivity contribution in [3.63, 3.8) is 0 Å². The summed E-state index contributed by atoms with van der Waals surface area (Å²) in [4.78, 5) is 0. The van der Waals surface area contributed by atoms with Gasteiger partial charge in [0, 0.05) is 16.1 Å². The molecule has 0 radical (unpaired) electrons. The van der Waals surface area contributed by atoms with E-state index in [1.54, 1.807) is 24.3 Å². The van der Waals surface area contributed by atoms with Crippen molar-refractivity contribution in [3.05, 3.63) is 70.5 Å². The normalized spacial score (nSPS) is 21.7. The van der Waals surface area contributed by atoms with Gasteiger partial charge in [-0.05, 0) is 18.2 Å². The fraction of sp³-hybridized carbons (Fsp3) is 0.294. The summed E-state index contributed by atoms with van der Waals surface area (Å²) < 4.78 is 30.5. The Hall–Kier alpha value is -1.46. The van der Waals surface area contributed by atoms with Gasteiger partial charge in [0.05, 0.1) is 19.8 Å². The van der Waals surface area contributed by atoms with Crippen LogP contribution in [0.4, 0.5) is 4.39 Å². The summed E-state index contributed by atoms with van der Waals surface area (Å²) in [6.07, 6.45) is -0.651. The van der Waals surface area contributed by atoms with E-state index in [9.17, 15) is 4.39 Å². The molecule has 2 aromatic carbocycles. The minimum absolute atomic E-state index is 0.200. The van der Waals surface area contributed by atoms with Gasteiger partial charge in [0.15, 0.2) is 6.29 Å². The van der Waals surface area contributed by atoms with Crippen molar-refractivity contribution in [1.82, 2.24) is 0 Å². The lowest BCUT2D eigenvalue weighted by molar-refractivity contribution is -0.232. The Morgan fingerprint density at radius 2 is 1.86 bits per heavy atom. The molecule has 0 bridgehead atoms. The maximum absolute atomic E-state index is 13.5. The van der Waals surface area contributed by atoms with E-state index in [4.69, 9.17) is 25.8 Å². The third kappa shape index (κ3) is 3.84. The van der Waals surface area contributed by atoms with Crippen molar-refractivity contribution in [3.8, 4) is 0 Å². The molecular formula is C17H16ClFO3. The van der Waals surface area contributed by atoms with Crippen LogP contribution < -0.4 is 0 Å². The summed E-state index contributed by atoms with van der Waals surface area (Å²) in [5.74, 6) is -0.267. The molecular weight excluding hydrogens is 307 g/mol. The first-order valence-electron chi connectivity index (χ1n) is 7.06. The Morgan fingerprint density at radius 3 is 2.59 bits per heavy atom. The van der Waals surface area contributed by atoms with Crippen LogP contribution in [-0.4, -0.2) is 19.3 Å². The minimum atomic E-state index is -0.438. The third-order valence-corrected chi connectivity index (χ3v) is 3.66. The zero-order chi connectivity index (χ0) is 15.4. The van der Waals surface area contributed by atoms with Gasteiger partial charge in [0.2, 0.25) is 0 Å². The van der Waals surface area contributed by atoms with E-state index in [1.807, 2.05) is 18.2 Å². The van der Waals surface area contributed by atoms with Crippen LogP contribution >= 0.6 is 11.6 Å². The highest BCUT2D eigenvalue weighted by molar-refractivity contribution is 6.30. The molecule has 1 aliphatic rings. The summed E-state index contributed by atoms with van der Waals surface area (Å²) in [6.45, 7) is 0.989. The smallest absolute Gasteiger partial charge is 0.184 e. The van der Waals surface area contributed by atoms with E-state index in [1.165, 1.54) is 6.07 Å². The molecule has 2 aromatic rings. The van der Waals surface area contributed by atoms with Crippen LogP contribution in [0, 0.1) is 5.82 Å². The molecule has 0 saturated carbocycles. The molecule has 116 valence electrons. The maximum Gasteiger partial charge on any atom is 0.184 e. The number of hydrogen-bond acceptors (Lipinski definition) is 3. The maximum atomic E-state index is 13.5. The van der Waals surface area contributed by atoms with E-state index in [2.05, 4.69) is 0 Å². The molecule has 3 nitrogen and oxygen atoms in total. The van der Waals surface area contributed by atoms with Crippen molar-refractivity contribution < 1.29 is 18.6 Å². The van der Waals surface area contributed by atoms with E-state index in [0.29, 0.717) is 23.8 Å². The first kappa shape index (κ1) is 15.4. The predicted octanol–water partition coefficient (Wildman–Crippen LogP) is 4.11. The molecule has 1 heterocycles. The summed E-state index contributed by atoms with van der Waals surface area (Å²) >= 11 is 5.95. The lowest BCUT2D eigenvalue weighted by Gasteiger charge is -2.29. The molecule has 1 saturated heterocycles. The molecule has 1 aliphatic heterocycles. The van der Waals surface area contributed by atoms with Crippen molar-refractivity contribution in [2.75, 3.05) is 13.2 Å². The molecule has 0 N–H and O–H groups in total. The SMILES string of the molecule is Fc1ccccc1COC1COC(c2cccc(Cl)c2)OC1. The molecule has 0 amide bonds. The van der Waals surface area contributed by atoms with Crippen molar-refractivity contribution in [2.24, 2.45) is 0 Å². The molecule has 0 aliphatic carbocycles. The first-order valence-corrected chi connectivity index (χ1v) is 7.44. The van der Waals surface area contributed by atoms with Crippen LogP contribution in [0.25, 0.3) is 0 Å². The highest BCUT2D eigenvalue weighted by atomic mass is 35.5. The molecule has 5 heteroatoms. The summed E-state index contributed by atoms with van der Waals surface area (Å²) in [6, 6.07) is 13.9. The molecule has 0 spiro atoms. The van der Waals surface area contributed by atoms with Crippen molar-refractivity contribution >= 4 is 11.6 Å². The van der Waals surface area contributed by atoms with Crippen molar-refractivity contribution in [1.29, 1.82) is 0 Å². The van der Waals surface area contributed by atoms with Gasteiger partial charge in [-0.15, -0.1) is 0 Å². The van der Waals surface area contributed by atoms with Crippen LogP contribution in [-0.2, 0) is 20.8 Å². The zero-order valence-corrected chi connectivity index (χ0v) is 12.6. The van der Waals surface area contributed by atoms with Crippen LogP contribution in [0.15, 0.2) is 48.5 Å². The molecule has 0 unspecified atom stereocenters. The lowest BCUT2D eigenvalue weighted by Crippen LogP contribution is -2.33. The zero-order valence-electron chi connectivity index (χ0n) is 11.9. The number of rotatable bonds is 4. The summed E-state index contributed by atoms with van der Waals surface area (Å²) in [7, 11) is 0. The topological polar surface area (TPSA) is 27.7 Å². The van der Waals surface area contributed by atoms with E-state index < -0.39 is 6.29 Å². The Balaban J connectivity index is 1.51. The van der Waals surface area contributed by atoms with Gasteiger partial charge in [-0.3, -0.25) is 0 Å². The largest absolute Gasteiger partial charge is 0.369 e. The van der Waals surface area contributed by atoms with Gasteiger partial charge in [0.25, 0.3) is 0 Å². The average molecular weight is 323 g/mol. The third-order valence-electron chi connectivity index (χ3n) is 3.42. The second-order valence-electron chi connectivity index (χ2n) is 5.08. The highest BCUT2D eigenvalue weighted by Crippen LogP contribution is 2.26. The Labute approximate surface area is 133 Å². The van der Waals surface area contributed by atoms with Crippen molar-refractivity contribution in [2.45, 2.75) is 19.0 Å². The second-order valence-corrected chi connectivity index (χ2v) is 5.51. The lowest BCUT2D eigenvalue weighted by atomic mass is 10.2. The van der Waals surface area contributed by atoms with Crippen LogP contribution in [0.3, 0.4) is 0 Å². The quantitative estimate of drug-likeness (QED) is 0.848. The number of hydrogen-bond donors (Lipinski definition) is 0. The fourth-order valence-electron chi connectivity index (χ4n) is 2.25. The minimum Gasteiger partial charge on any atom is -0.369 e. The van der Waals surface area contributed by atoms with Crippen LogP contribution in [0.1, 0.15) is 17.4 Å². The predicted molar refractivity (Wildman–Crippen MR) is 81.1 cm³/mol. The Morgan fingerprint density at radius 1 is 1.09 bits per heavy atom. The van der Waals surface area contributed by atoms with E-state index >= 15 is 0 Å². The molecule has 0 aromatic heterocycles. The summed E-state index contributed by atoms with van der Waals surface area (Å²) in [5.41, 5.74) is 1.40. The summed E-state index contributed by atoms with van der Waals surface area (Å²) in [5, 5.41) is 0.641. The Bertz CT molecular complexity index is 627. The second kappa shape index (κ2) is 7.20. The highest BCUT2D eigenvalue weighted by Gasteiger charge is 2.24. The number of benzene rings is 2. The standard InChI is InChI=1S/C17H16ClFO3/c18-14-6-3-5-12(8-14)17-21-10-15(11-22-17)20-9-13-4-1-2-7-16(13)19/h1-8,15,17H,9-11H2. The molecule has 22 heavy (non-hydrogen) atoms. The van der Waals surface area contributed by atoms with Crippen LogP contribution in [0.5, 0.6) is 0 Å². The molecule has 0 atom stereocenters. The van der Waals surface area contributed by atoms with Crippen LogP contribution in [0.2, 0.25) is 5.02 Å². The average Bonchev–Trinajstić information content (AvgIpc) is 2.55. The van der Waals surface area contributed by atoms with Gasteiger partial charge >= 0.3 is 0 Å². The number of ether oxygens (including phenoxy) is 3. The fourth-order valence-corrected chi connectivity index (χ4v) is 2.45. The van der Waals surface area contributed by atoms with Gasteiger partial charge < -0.3 is 14.2 Å². The van der Waals surface area contributed by atoms with E-state index in [0.717, 1.165) is 5.56 Å². The monoisotopic (exact) mass is 322 g/mol. The van der Waals surface area contributed by atoms with Gasteiger partial charge in [-0.25, -0.2) is 4.39 Å². The Kier molecular flexibility index (Phi) is 5.05. The molecule has 3 rings (SSSR count). The van der Waals surface area contributed by atoms with Gasteiger partial charge in [-0.2, -0.15) is 0 Å². The van der Waals surface area contributed by atoms with Gasteiger partial charge in [0.1, 0.15) is 11.9 Å².